The largest absolute Gasteiger partial charge is 0.0622 e. The molecule has 0 unspecified atom stereocenters. The van der Waals surface area contributed by atoms with Gasteiger partial charge >= 0.3 is 62.5 Å². The SMILES string of the molecule is COC(=O)/C=C/C=C\CC1=NO[C@@H](/C=C/C=C/CCC[C@@H](C)O[Si](C)(C)C(C)(C)C)C1.[C-]#[O+].[C-]#[O+].[C-]#[O+].[C-]#[O+].[C-]#[O+].[Fe].[Fe].c1ccc(P(c2ccccc2)c2ccccc2)cc1. The first-order valence-electron chi connectivity index (χ1n) is 18.6. The topological polar surface area (TPSA) is 157 Å². The third-order valence-corrected chi connectivity index (χ3v) is 15.7. The first kappa shape index (κ1) is 67.0. The average molecular weight is 962 g/mol. The van der Waals surface area contributed by atoms with Gasteiger partial charge in [-0.1, -0.05) is 153 Å². The molecule has 1 aliphatic rings. The van der Waals surface area contributed by atoms with Crippen molar-refractivity contribution >= 4 is 43.8 Å². The summed E-state index contributed by atoms with van der Waals surface area (Å²) in [5.41, 5.74) is 0.997. The summed E-state index contributed by atoms with van der Waals surface area (Å²) >= 11 is 0. The first-order chi connectivity index (χ1) is 29.0. The van der Waals surface area contributed by atoms with Gasteiger partial charge in [-0.25, -0.2) is 4.79 Å². The molecular formula is C48H56Fe2NO9PSi. The molecule has 0 aliphatic carbocycles. The van der Waals surface area contributed by atoms with Gasteiger partial charge in [0.1, 0.15) is 0 Å². The van der Waals surface area contributed by atoms with Gasteiger partial charge in [0.05, 0.1) is 12.8 Å². The number of nitrogens with zero attached hydrogens (tertiary/aromatic N) is 1. The van der Waals surface area contributed by atoms with Crippen LogP contribution in [0.4, 0.5) is 0 Å². The van der Waals surface area contributed by atoms with Crippen molar-refractivity contribution in [3.05, 3.63) is 173 Å². The summed E-state index contributed by atoms with van der Waals surface area (Å²) in [4.78, 5) is 16.4. The second kappa shape index (κ2) is 43.6. The van der Waals surface area contributed by atoms with Crippen molar-refractivity contribution in [3.8, 4) is 0 Å². The van der Waals surface area contributed by atoms with Gasteiger partial charge in [0.15, 0.2) is 14.4 Å². The summed E-state index contributed by atoms with van der Waals surface area (Å²) < 4.78 is 48.4. The number of benzene rings is 3. The van der Waals surface area contributed by atoms with Crippen LogP contribution in [0.5, 0.6) is 0 Å². The van der Waals surface area contributed by atoms with Gasteiger partial charge in [0, 0.05) is 59.2 Å². The van der Waals surface area contributed by atoms with Crippen LogP contribution in [0.2, 0.25) is 18.1 Å². The van der Waals surface area contributed by atoms with E-state index < -0.39 is 16.2 Å². The van der Waals surface area contributed by atoms with E-state index >= 15 is 0 Å². The van der Waals surface area contributed by atoms with Crippen molar-refractivity contribution in [2.45, 2.75) is 90.1 Å². The van der Waals surface area contributed by atoms with E-state index in [1.807, 2.05) is 24.3 Å². The molecule has 0 bridgehead atoms. The molecule has 10 nitrogen and oxygen atoms in total. The maximum atomic E-state index is 11.0. The molecule has 3 aromatic rings. The third kappa shape index (κ3) is 30.0. The Morgan fingerprint density at radius 3 is 1.63 bits per heavy atom. The van der Waals surface area contributed by atoms with E-state index in [1.54, 1.807) is 6.08 Å². The van der Waals surface area contributed by atoms with Crippen LogP contribution in [-0.2, 0) is 76.2 Å². The summed E-state index contributed by atoms with van der Waals surface area (Å²) in [6.07, 6.45) is 20.2. The van der Waals surface area contributed by atoms with E-state index in [1.165, 1.54) is 29.1 Å². The Morgan fingerprint density at radius 2 is 1.21 bits per heavy atom. The summed E-state index contributed by atoms with van der Waals surface area (Å²) in [7, 11) is -0.758. The van der Waals surface area contributed by atoms with Crippen molar-refractivity contribution in [1.82, 2.24) is 0 Å². The molecule has 4 rings (SSSR count). The number of ether oxygens (including phenoxy) is 1. The molecule has 0 aromatic heterocycles. The van der Waals surface area contributed by atoms with Gasteiger partial charge < -0.3 is 14.0 Å². The molecule has 14 heteroatoms. The number of hydrogen-bond acceptors (Lipinski definition) is 5. The molecule has 1 heterocycles. The van der Waals surface area contributed by atoms with E-state index in [2.05, 4.69) is 187 Å². The number of rotatable bonds is 15. The van der Waals surface area contributed by atoms with Crippen LogP contribution >= 0.6 is 7.92 Å². The van der Waals surface area contributed by atoms with Crippen LogP contribution in [0.15, 0.2) is 145 Å². The van der Waals surface area contributed by atoms with Gasteiger partial charge in [-0.15, -0.1) is 0 Å². The maximum absolute atomic E-state index is 11.0. The van der Waals surface area contributed by atoms with Crippen molar-refractivity contribution < 1.29 is 76.2 Å². The van der Waals surface area contributed by atoms with Crippen LogP contribution in [0.3, 0.4) is 0 Å². The monoisotopic (exact) mass is 961 g/mol. The number of esters is 1. The van der Waals surface area contributed by atoms with E-state index in [0.29, 0.717) is 12.5 Å². The number of carbonyl (C=O) groups is 1. The minimum Gasteiger partial charge on any atom is -0.0622 e. The standard InChI is InChI=1S/C25H41NO4Si.C18H15P.5CO.2Fe/c1-21(30-31(6,7)25(2,3)4)16-12-9-8-10-14-18-23-20-22(26-29-23)17-13-11-15-19-24(27)28-5;1-4-10-16(11-5-1)19(17-12-6-2-7-13-17)18-14-8-3-9-15-18;5*1-2;;/h8,10-11,13-15,18-19,21,23H,9,12,16-17,20H2,1-7H3;1-15H;;;;;;;/b10-8+,13-11-,18-14+,19-15+;;;;;;;;/t21-,23+;;;;;;;;/m1......../s1. The second-order valence-electron chi connectivity index (χ2n) is 13.8. The van der Waals surface area contributed by atoms with Gasteiger partial charge in [-0.05, 0) is 74.2 Å². The van der Waals surface area contributed by atoms with Gasteiger partial charge in [0.25, 0.3) is 0 Å². The predicted molar refractivity (Wildman–Crippen MR) is 237 cm³/mol. The number of unbranched alkanes of at least 4 members (excludes halogenated alkanes) is 1. The molecule has 0 fully saturated rings. The fourth-order valence-corrected chi connectivity index (χ4v) is 8.74. The Kier molecular flexibility index (Phi) is 47.1. The second-order valence-corrected chi connectivity index (χ2v) is 20.8. The van der Waals surface area contributed by atoms with Crippen LogP contribution in [0.1, 0.15) is 59.8 Å². The average Bonchev–Trinajstić information content (AvgIpc) is 3.75. The van der Waals surface area contributed by atoms with Gasteiger partial charge in [-0.2, -0.15) is 0 Å². The van der Waals surface area contributed by atoms with Gasteiger partial charge in [-0.3, -0.25) is 0 Å². The maximum Gasteiger partial charge on any atom is 0 e. The zero-order valence-electron chi connectivity index (χ0n) is 36.2. The number of methoxy groups -OCH3 is 1. The molecule has 2 atom stereocenters. The summed E-state index contributed by atoms with van der Waals surface area (Å²) in [6, 6.07) is 32.3. The van der Waals surface area contributed by atoms with Crippen LogP contribution in [-0.4, -0.2) is 39.3 Å². The molecule has 0 amide bonds. The number of hydrogen-bond donors (Lipinski definition) is 0. The number of carbonyl (C=O) groups excluding carboxylic acids is 1. The zero-order valence-corrected chi connectivity index (χ0v) is 40.3. The zero-order chi connectivity index (χ0) is 46.2. The smallest absolute Gasteiger partial charge is 0 e. The van der Waals surface area contributed by atoms with Crippen molar-refractivity contribution in [3.63, 3.8) is 0 Å². The Morgan fingerprint density at radius 1 is 0.774 bits per heavy atom. The summed E-state index contributed by atoms with van der Waals surface area (Å²) in [5, 5.41) is 8.58. The predicted octanol–water partition coefficient (Wildman–Crippen LogP) is 9.75. The van der Waals surface area contributed by atoms with E-state index in [9.17, 15) is 4.79 Å². The minimum atomic E-state index is -1.67. The molecule has 0 saturated carbocycles. The van der Waals surface area contributed by atoms with Crippen LogP contribution in [0, 0.1) is 33.3 Å². The number of oxime groups is 1. The molecular weight excluding hydrogens is 905 g/mol. The molecule has 0 radical (unpaired) electrons. The van der Waals surface area contributed by atoms with E-state index in [0.717, 1.165) is 31.4 Å². The molecule has 0 saturated heterocycles. The Bertz CT molecular complexity index is 1690. The van der Waals surface area contributed by atoms with Crippen LogP contribution < -0.4 is 15.9 Å². The summed E-state index contributed by atoms with van der Waals surface area (Å²) in [6.45, 7) is 36.2. The molecule has 0 N–H and O–H groups in total. The fourth-order valence-electron chi connectivity index (χ4n) is 4.96. The first-order valence-corrected chi connectivity index (χ1v) is 22.9. The molecule has 0 spiro atoms. The Hall–Kier alpha value is -4.09. The Labute approximate surface area is 393 Å². The molecule has 332 valence electrons. The fraction of sp³-hybridized carbons (Fsp3) is 0.312. The minimum absolute atomic E-state index is 0. The normalized spacial score (nSPS) is 12.9. The van der Waals surface area contributed by atoms with E-state index in [-0.39, 0.29) is 51.2 Å². The van der Waals surface area contributed by atoms with Crippen molar-refractivity contribution in [2.24, 2.45) is 5.16 Å². The number of allylic oxidation sites excluding steroid dienone is 6. The van der Waals surface area contributed by atoms with E-state index in [4.69, 9.17) is 32.5 Å². The molecule has 3 aromatic carbocycles. The molecule has 1 aliphatic heterocycles. The molecule has 62 heavy (non-hydrogen) atoms. The van der Waals surface area contributed by atoms with Gasteiger partial charge in [0.2, 0.25) is 0 Å². The third-order valence-electron chi connectivity index (χ3n) is 8.69. The van der Waals surface area contributed by atoms with Crippen LogP contribution in [0.25, 0.3) is 0 Å². The Balaban J connectivity index is -0.000000299. The van der Waals surface area contributed by atoms with Crippen molar-refractivity contribution in [2.75, 3.05) is 7.11 Å². The van der Waals surface area contributed by atoms with Crippen molar-refractivity contribution in [1.29, 1.82) is 0 Å². The quantitative estimate of drug-likeness (QED) is 0.0217. The summed E-state index contributed by atoms with van der Waals surface area (Å²) in [5.74, 6) is -0.363.